The zero-order chi connectivity index (χ0) is 24.1. The van der Waals surface area contributed by atoms with E-state index in [0.717, 1.165) is 16.8 Å². The first kappa shape index (κ1) is 23.9. The van der Waals surface area contributed by atoms with E-state index in [0.29, 0.717) is 16.0 Å². The summed E-state index contributed by atoms with van der Waals surface area (Å²) in [6.45, 7) is 2.01. The highest BCUT2D eigenvalue weighted by Crippen LogP contribution is 2.28. The molecule has 0 unspecified atom stereocenters. The third kappa shape index (κ3) is 5.64. The zero-order valence-electron chi connectivity index (χ0n) is 17.9. The number of hydrogen-bond acceptors (Lipinski definition) is 5. The maximum Gasteiger partial charge on any atom is 0.250 e. The maximum absolute atomic E-state index is 13.8. The molecule has 0 spiro atoms. The lowest BCUT2D eigenvalue weighted by molar-refractivity contribution is -0.118. The van der Waals surface area contributed by atoms with Crippen LogP contribution in [-0.2, 0) is 4.79 Å². The van der Waals surface area contributed by atoms with Crippen molar-refractivity contribution in [3.63, 3.8) is 0 Å². The van der Waals surface area contributed by atoms with Gasteiger partial charge in [0.15, 0.2) is 11.0 Å². The number of halogens is 3. The van der Waals surface area contributed by atoms with Crippen LogP contribution in [0.3, 0.4) is 0 Å². The van der Waals surface area contributed by atoms with Crippen molar-refractivity contribution in [1.29, 1.82) is 0 Å². The van der Waals surface area contributed by atoms with Gasteiger partial charge in [-0.25, -0.2) is 9.82 Å². The van der Waals surface area contributed by atoms with Crippen LogP contribution in [0.4, 0.5) is 4.39 Å². The summed E-state index contributed by atoms with van der Waals surface area (Å²) in [5.41, 5.74) is 5.30. The van der Waals surface area contributed by atoms with Gasteiger partial charge in [-0.2, -0.15) is 5.10 Å². The number of thioether (sulfide) groups is 1. The molecule has 0 atom stereocenters. The molecule has 1 heterocycles. The molecule has 0 fully saturated rings. The molecule has 3 aromatic carbocycles. The van der Waals surface area contributed by atoms with Crippen LogP contribution < -0.4 is 5.43 Å². The zero-order valence-corrected chi connectivity index (χ0v) is 20.2. The van der Waals surface area contributed by atoms with E-state index < -0.39 is 11.7 Å². The standard InChI is InChI=1S/C24H18Cl2FN5OS/c1-15-5-7-16(8-6-15)23-30-31-24(32(23)18-11-9-17(25)10-12-18)34-14-22(33)29-28-13-19-20(26)3-2-4-21(19)27/h2-13H,14H2,1H3,(H,29,33)/b28-13-. The minimum atomic E-state index is -0.528. The molecule has 0 aliphatic heterocycles. The van der Waals surface area contributed by atoms with E-state index in [4.69, 9.17) is 23.2 Å². The average molecular weight is 514 g/mol. The fourth-order valence-corrected chi connectivity index (χ4v) is 4.12. The fraction of sp³-hybridized carbons (Fsp3) is 0.0833. The van der Waals surface area contributed by atoms with Crippen molar-refractivity contribution >= 4 is 47.1 Å². The van der Waals surface area contributed by atoms with E-state index in [1.807, 2.05) is 47.9 Å². The minimum Gasteiger partial charge on any atom is -0.272 e. The summed E-state index contributed by atoms with van der Waals surface area (Å²) in [6, 6.07) is 19.5. The van der Waals surface area contributed by atoms with Gasteiger partial charge in [0.1, 0.15) is 5.82 Å². The van der Waals surface area contributed by atoms with Crippen LogP contribution in [0.5, 0.6) is 0 Å². The molecule has 0 saturated carbocycles. The number of carbonyl (C=O) groups is 1. The largest absolute Gasteiger partial charge is 0.272 e. The number of nitrogens with zero attached hydrogens (tertiary/aromatic N) is 4. The predicted molar refractivity (Wildman–Crippen MR) is 134 cm³/mol. The van der Waals surface area contributed by atoms with Crippen molar-refractivity contribution in [3.8, 4) is 17.1 Å². The van der Waals surface area contributed by atoms with Gasteiger partial charge >= 0.3 is 0 Å². The Labute approximate surface area is 209 Å². The Bertz CT molecular complexity index is 1320. The van der Waals surface area contributed by atoms with Crippen LogP contribution in [-0.4, -0.2) is 32.6 Å². The molecule has 172 valence electrons. The number of hydrogen-bond donors (Lipinski definition) is 1. The van der Waals surface area contributed by atoms with Crippen LogP contribution in [0.2, 0.25) is 10.0 Å². The predicted octanol–water partition coefficient (Wildman–Crippen LogP) is 5.93. The molecule has 1 amide bonds. The highest BCUT2D eigenvalue weighted by atomic mass is 35.5. The lowest BCUT2D eigenvalue weighted by Crippen LogP contribution is -2.20. The Balaban J connectivity index is 1.52. The van der Waals surface area contributed by atoms with Crippen molar-refractivity contribution in [2.45, 2.75) is 12.1 Å². The number of aromatic nitrogens is 3. The molecular formula is C24H18Cl2FN5OS. The van der Waals surface area contributed by atoms with Crippen molar-refractivity contribution in [1.82, 2.24) is 20.2 Å². The summed E-state index contributed by atoms with van der Waals surface area (Å²) in [4.78, 5) is 12.3. The van der Waals surface area contributed by atoms with Gasteiger partial charge in [-0.05, 0) is 43.3 Å². The highest BCUT2D eigenvalue weighted by Gasteiger charge is 2.17. The Kier molecular flexibility index (Phi) is 7.62. The second-order valence-corrected chi connectivity index (χ2v) is 8.99. The molecule has 1 aromatic heterocycles. The minimum absolute atomic E-state index is 0.0158. The van der Waals surface area contributed by atoms with E-state index in [1.165, 1.54) is 30.1 Å². The van der Waals surface area contributed by atoms with Crippen molar-refractivity contribution in [2.75, 3.05) is 5.75 Å². The molecule has 0 bridgehead atoms. The SMILES string of the molecule is Cc1ccc(-c2nnc(SCC(=O)N/N=C\c3c(F)cccc3Cl)n2-c2ccc(Cl)cc2)cc1. The third-order valence-electron chi connectivity index (χ3n) is 4.74. The Hall–Kier alpha value is -3.20. The molecule has 0 aliphatic rings. The smallest absolute Gasteiger partial charge is 0.250 e. The van der Waals surface area contributed by atoms with Gasteiger partial charge in [0.2, 0.25) is 0 Å². The number of rotatable bonds is 7. The lowest BCUT2D eigenvalue weighted by atomic mass is 10.1. The van der Waals surface area contributed by atoms with E-state index in [-0.39, 0.29) is 16.3 Å². The first-order chi connectivity index (χ1) is 16.4. The number of carbonyl (C=O) groups excluding carboxylic acids is 1. The molecule has 10 heteroatoms. The summed E-state index contributed by atoms with van der Waals surface area (Å²) < 4.78 is 15.7. The highest BCUT2D eigenvalue weighted by molar-refractivity contribution is 7.99. The number of nitrogens with one attached hydrogen (secondary N) is 1. The average Bonchev–Trinajstić information content (AvgIpc) is 3.24. The number of benzene rings is 3. The third-order valence-corrected chi connectivity index (χ3v) is 6.25. The van der Waals surface area contributed by atoms with Gasteiger partial charge in [0.05, 0.1) is 17.0 Å². The first-order valence-electron chi connectivity index (χ1n) is 10.1. The summed E-state index contributed by atoms with van der Waals surface area (Å²) in [5, 5.41) is 13.8. The fourth-order valence-electron chi connectivity index (χ4n) is 3.04. The molecule has 6 nitrogen and oxygen atoms in total. The second-order valence-electron chi connectivity index (χ2n) is 7.20. The molecule has 0 saturated heterocycles. The van der Waals surface area contributed by atoms with Gasteiger partial charge in [0, 0.05) is 21.8 Å². The molecule has 1 N–H and O–H groups in total. The van der Waals surface area contributed by atoms with Crippen LogP contribution in [0.1, 0.15) is 11.1 Å². The van der Waals surface area contributed by atoms with Crippen LogP contribution in [0.15, 0.2) is 77.0 Å². The molecule has 0 aliphatic carbocycles. The van der Waals surface area contributed by atoms with Gasteiger partial charge in [-0.3, -0.25) is 9.36 Å². The molecule has 4 rings (SSSR count). The Morgan fingerprint density at radius 2 is 1.82 bits per heavy atom. The Morgan fingerprint density at radius 3 is 2.53 bits per heavy atom. The van der Waals surface area contributed by atoms with E-state index in [2.05, 4.69) is 20.7 Å². The van der Waals surface area contributed by atoms with E-state index >= 15 is 0 Å². The Morgan fingerprint density at radius 1 is 1.09 bits per heavy atom. The van der Waals surface area contributed by atoms with Crippen molar-refractivity contribution in [2.24, 2.45) is 5.10 Å². The number of amides is 1. The topological polar surface area (TPSA) is 72.2 Å². The quantitative estimate of drug-likeness (QED) is 0.189. The van der Waals surface area contributed by atoms with Gasteiger partial charge < -0.3 is 0 Å². The monoisotopic (exact) mass is 513 g/mol. The normalized spacial score (nSPS) is 11.2. The van der Waals surface area contributed by atoms with E-state index in [1.54, 1.807) is 18.2 Å². The van der Waals surface area contributed by atoms with E-state index in [9.17, 15) is 9.18 Å². The van der Waals surface area contributed by atoms with Crippen LogP contribution in [0.25, 0.3) is 17.1 Å². The number of hydrazone groups is 1. The van der Waals surface area contributed by atoms with Crippen molar-refractivity contribution in [3.05, 3.63) is 93.7 Å². The summed E-state index contributed by atoms with van der Waals surface area (Å²) in [7, 11) is 0. The van der Waals surface area contributed by atoms with Crippen molar-refractivity contribution < 1.29 is 9.18 Å². The van der Waals surface area contributed by atoms with Gasteiger partial charge in [-0.1, -0.05) is 70.9 Å². The number of aryl methyl sites for hydroxylation is 1. The maximum atomic E-state index is 13.8. The van der Waals surface area contributed by atoms with Gasteiger partial charge in [0.25, 0.3) is 5.91 Å². The second kappa shape index (κ2) is 10.8. The lowest BCUT2D eigenvalue weighted by Gasteiger charge is -2.10. The van der Waals surface area contributed by atoms with Crippen LogP contribution in [0, 0.1) is 12.7 Å². The molecular weight excluding hydrogens is 496 g/mol. The summed E-state index contributed by atoms with van der Waals surface area (Å²) in [6.07, 6.45) is 1.17. The summed E-state index contributed by atoms with van der Waals surface area (Å²) in [5.74, 6) is -0.268. The summed E-state index contributed by atoms with van der Waals surface area (Å²) >= 11 is 13.2. The van der Waals surface area contributed by atoms with Crippen LogP contribution >= 0.6 is 35.0 Å². The molecule has 4 aromatic rings. The molecule has 0 radical (unpaired) electrons. The first-order valence-corrected chi connectivity index (χ1v) is 11.8. The molecule has 34 heavy (non-hydrogen) atoms. The van der Waals surface area contributed by atoms with Gasteiger partial charge in [-0.15, -0.1) is 10.2 Å².